The zero-order chi connectivity index (χ0) is 20.5. The third kappa shape index (κ3) is 3.48. The first-order valence-electron chi connectivity index (χ1n) is 10.8. The SMILES string of the molecule is Cc1nn(-c2ccccc2)c(C)c1N1CCN(Cc2cccc3ccccc23)CC1. The van der Waals surface area contributed by atoms with Crippen LogP contribution in [0.1, 0.15) is 17.0 Å². The molecule has 3 aromatic carbocycles. The molecule has 4 aromatic rings. The van der Waals surface area contributed by atoms with Crippen LogP contribution < -0.4 is 4.90 Å². The summed E-state index contributed by atoms with van der Waals surface area (Å²) < 4.78 is 2.08. The van der Waals surface area contributed by atoms with Crippen molar-refractivity contribution in [2.45, 2.75) is 20.4 Å². The Morgan fingerprint density at radius 1 is 0.767 bits per heavy atom. The van der Waals surface area contributed by atoms with E-state index in [1.807, 2.05) is 6.07 Å². The molecule has 1 aromatic heterocycles. The number of piperazine rings is 1. The van der Waals surface area contributed by atoms with E-state index in [9.17, 15) is 0 Å². The largest absolute Gasteiger partial charge is 0.366 e. The average molecular weight is 397 g/mol. The molecule has 0 atom stereocenters. The smallest absolute Gasteiger partial charge is 0.0834 e. The van der Waals surface area contributed by atoms with Gasteiger partial charge in [0, 0.05) is 32.7 Å². The number of aromatic nitrogens is 2. The molecule has 4 nitrogen and oxygen atoms in total. The second-order valence-electron chi connectivity index (χ2n) is 8.17. The van der Waals surface area contributed by atoms with Crippen LogP contribution in [-0.4, -0.2) is 40.9 Å². The van der Waals surface area contributed by atoms with Gasteiger partial charge in [0.15, 0.2) is 0 Å². The maximum Gasteiger partial charge on any atom is 0.0834 e. The Labute approximate surface area is 178 Å². The van der Waals surface area contributed by atoms with Crippen LogP contribution in [0.15, 0.2) is 72.8 Å². The summed E-state index contributed by atoms with van der Waals surface area (Å²) in [6.45, 7) is 9.53. The van der Waals surface area contributed by atoms with E-state index in [4.69, 9.17) is 5.10 Å². The van der Waals surface area contributed by atoms with Crippen molar-refractivity contribution in [3.63, 3.8) is 0 Å². The van der Waals surface area contributed by atoms with E-state index in [2.05, 4.69) is 95.1 Å². The fourth-order valence-electron chi connectivity index (χ4n) is 4.71. The molecule has 1 aliphatic rings. The molecule has 0 bridgehead atoms. The highest BCUT2D eigenvalue weighted by molar-refractivity contribution is 5.85. The van der Waals surface area contributed by atoms with Crippen LogP contribution in [0.25, 0.3) is 16.5 Å². The number of aryl methyl sites for hydroxylation is 1. The second-order valence-corrected chi connectivity index (χ2v) is 8.17. The minimum absolute atomic E-state index is 1.01. The number of nitrogens with zero attached hydrogens (tertiary/aromatic N) is 4. The van der Waals surface area contributed by atoms with Crippen molar-refractivity contribution in [1.82, 2.24) is 14.7 Å². The van der Waals surface area contributed by atoms with Crippen LogP contribution in [0, 0.1) is 13.8 Å². The van der Waals surface area contributed by atoms with Gasteiger partial charge in [0.2, 0.25) is 0 Å². The molecule has 5 rings (SSSR count). The van der Waals surface area contributed by atoms with E-state index in [-0.39, 0.29) is 0 Å². The Morgan fingerprint density at radius 3 is 2.27 bits per heavy atom. The van der Waals surface area contributed by atoms with E-state index in [0.717, 1.165) is 44.1 Å². The molecule has 2 heterocycles. The first-order chi connectivity index (χ1) is 14.7. The Hall–Kier alpha value is -3.11. The van der Waals surface area contributed by atoms with Gasteiger partial charge in [-0.2, -0.15) is 5.10 Å². The summed E-state index contributed by atoms with van der Waals surface area (Å²) in [6, 6.07) is 25.8. The fraction of sp³-hybridized carbons (Fsp3) is 0.269. The molecular weight excluding hydrogens is 368 g/mol. The normalized spacial score (nSPS) is 15.1. The zero-order valence-electron chi connectivity index (χ0n) is 17.8. The monoisotopic (exact) mass is 396 g/mol. The quantitative estimate of drug-likeness (QED) is 0.487. The summed E-state index contributed by atoms with van der Waals surface area (Å²) in [6.07, 6.45) is 0. The molecule has 1 aliphatic heterocycles. The molecule has 0 radical (unpaired) electrons. The van der Waals surface area contributed by atoms with Crippen LogP contribution in [0.4, 0.5) is 5.69 Å². The Kier molecular flexibility index (Phi) is 5.01. The lowest BCUT2D eigenvalue weighted by Gasteiger charge is -2.36. The van der Waals surface area contributed by atoms with Gasteiger partial charge in [-0.3, -0.25) is 4.90 Å². The summed E-state index contributed by atoms with van der Waals surface area (Å²) >= 11 is 0. The minimum atomic E-state index is 1.01. The number of hydrogen-bond donors (Lipinski definition) is 0. The van der Waals surface area contributed by atoms with E-state index in [1.165, 1.54) is 27.7 Å². The first-order valence-corrected chi connectivity index (χ1v) is 10.8. The van der Waals surface area contributed by atoms with Gasteiger partial charge in [0.05, 0.1) is 22.8 Å². The zero-order valence-corrected chi connectivity index (χ0v) is 17.8. The molecule has 4 heteroatoms. The maximum atomic E-state index is 4.84. The molecule has 0 unspecified atom stereocenters. The Bertz CT molecular complexity index is 1150. The van der Waals surface area contributed by atoms with Crippen molar-refractivity contribution >= 4 is 16.5 Å². The van der Waals surface area contributed by atoms with Crippen LogP contribution in [0.5, 0.6) is 0 Å². The lowest BCUT2D eigenvalue weighted by atomic mass is 10.0. The fourth-order valence-corrected chi connectivity index (χ4v) is 4.71. The molecule has 152 valence electrons. The molecule has 0 N–H and O–H groups in total. The summed E-state index contributed by atoms with van der Waals surface area (Å²) in [4.78, 5) is 5.08. The highest BCUT2D eigenvalue weighted by atomic mass is 15.3. The van der Waals surface area contributed by atoms with Gasteiger partial charge in [-0.15, -0.1) is 0 Å². The Balaban J connectivity index is 1.31. The Morgan fingerprint density at radius 2 is 1.47 bits per heavy atom. The maximum absolute atomic E-state index is 4.84. The van der Waals surface area contributed by atoms with Gasteiger partial charge >= 0.3 is 0 Å². The lowest BCUT2D eigenvalue weighted by molar-refractivity contribution is 0.250. The summed E-state index contributed by atoms with van der Waals surface area (Å²) in [7, 11) is 0. The van der Waals surface area contributed by atoms with Gasteiger partial charge in [-0.05, 0) is 42.3 Å². The number of para-hydroxylation sites is 1. The third-order valence-electron chi connectivity index (χ3n) is 6.22. The van der Waals surface area contributed by atoms with Crippen molar-refractivity contribution in [3.05, 3.63) is 89.7 Å². The molecular formula is C26H28N4. The first kappa shape index (κ1) is 18.9. The highest BCUT2D eigenvalue weighted by Crippen LogP contribution is 2.28. The second kappa shape index (κ2) is 7.96. The number of anilines is 1. The molecule has 1 fully saturated rings. The van der Waals surface area contributed by atoms with Gasteiger partial charge in [0.25, 0.3) is 0 Å². The van der Waals surface area contributed by atoms with Gasteiger partial charge < -0.3 is 4.90 Å². The summed E-state index contributed by atoms with van der Waals surface area (Å²) in [5.74, 6) is 0. The lowest BCUT2D eigenvalue weighted by Crippen LogP contribution is -2.46. The van der Waals surface area contributed by atoms with Crippen molar-refractivity contribution in [3.8, 4) is 5.69 Å². The number of hydrogen-bond acceptors (Lipinski definition) is 3. The van der Waals surface area contributed by atoms with Crippen LogP contribution in [-0.2, 0) is 6.54 Å². The summed E-state index contributed by atoms with van der Waals surface area (Å²) in [5, 5.41) is 7.54. The van der Waals surface area contributed by atoms with E-state index >= 15 is 0 Å². The number of rotatable bonds is 4. The molecule has 0 spiro atoms. The molecule has 30 heavy (non-hydrogen) atoms. The van der Waals surface area contributed by atoms with E-state index in [0.29, 0.717) is 0 Å². The van der Waals surface area contributed by atoms with Crippen molar-refractivity contribution in [2.24, 2.45) is 0 Å². The minimum Gasteiger partial charge on any atom is -0.366 e. The molecule has 0 amide bonds. The van der Waals surface area contributed by atoms with Gasteiger partial charge in [-0.25, -0.2) is 4.68 Å². The molecule has 0 saturated carbocycles. The van der Waals surface area contributed by atoms with Crippen molar-refractivity contribution in [1.29, 1.82) is 0 Å². The van der Waals surface area contributed by atoms with Gasteiger partial charge in [-0.1, -0.05) is 60.7 Å². The third-order valence-corrected chi connectivity index (χ3v) is 6.22. The van der Waals surface area contributed by atoms with Crippen molar-refractivity contribution in [2.75, 3.05) is 31.1 Å². The van der Waals surface area contributed by atoms with E-state index in [1.54, 1.807) is 0 Å². The van der Waals surface area contributed by atoms with Crippen LogP contribution in [0.2, 0.25) is 0 Å². The predicted octanol–water partition coefficient (Wildman–Crippen LogP) is 4.96. The molecule has 1 saturated heterocycles. The standard InChI is InChI=1S/C26H28N4/c1-20-26(21(2)30(27-20)24-12-4-3-5-13-24)29-17-15-28(16-18-29)19-23-11-8-10-22-9-6-7-14-25(22)23/h3-14H,15-19H2,1-2H3. The average Bonchev–Trinajstić information content (AvgIpc) is 3.09. The van der Waals surface area contributed by atoms with E-state index < -0.39 is 0 Å². The van der Waals surface area contributed by atoms with Gasteiger partial charge in [0.1, 0.15) is 0 Å². The van der Waals surface area contributed by atoms with Crippen LogP contribution >= 0.6 is 0 Å². The predicted molar refractivity (Wildman–Crippen MR) is 124 cm³/mol. The summed E-state index contributed by atoms with van der Waals surface area (Å²) in [5.41, 5.74) is 6.17. The highest BCUT2D eigenvalue weighted by Gasteiger charge is 2.23. The topological polar surface area (TPSA) is 24.3 Å². The number of fused-ring (bicyclic) bond motifs is 1. The van der Waals surface area contributed by atoms with Crippen molar-refractivity contribution < 1.29 is 0 Å². The number of benzene rings is 3. The van der Waals surface area contributed by atoms with Crippen LogP contribution in [0.3, 0.4) is 0 Å². The molecule has 0 aliphatic carbocycles.